The average Bonchev–Trinajstić information content (AvgIpc) is 2.39. The summed E-state index contributed by atoms with van der Waals surface area (Å²) in [6, 6.07) is 4.24. The lowest BCUT2D eigenvalue weighted by atomic mass is 10.1. The maximum Gasteiger partial charge on any atom is 0.128 e. The van der Waals surface area contributed by atoms with Gasteiger partial charge < -0.3 is 10.6 Å². The van der Waals surface area contributed by atoms with Gasteiger partial charge in [-0.2, -0.15) is 0 Å². The molecule has 0 aromatic carbocycles. The highest BCUT2D eigenvalue weighted by Crippen LogP contribution is 2.16. The maximum absolute atomic E-state index is 5.85. The Morgan fingerprint density at radius 1 is 1.16 bits per heavy atom. The highest BCUT2D eigenvalue weighted by atomic mass is 15.3. The van der Waals surface area contributed by atoms with E-state index < -0.39 is 0 Å². The fraction of sp³-hybridized carbons (Fsp3) is 0.667. The van der Waals surface area contributed by atoms with Crippen molar-refractivity contribution in [3.05, 3.63) is 23.9 Å². The Labute approximate surface area is 116 Å². The topological polar surface area (TPSA) is 45.4 Å². The van der Waals surface area contributed by atoms with Gasteiger partial charge in [0.05, 0.1) is 0 Å². The van der Waals surface area contributed by atoms with Gasteiger partial charge in [-0.1, -0.05) is 19.9 Å². The van der Waals surface area contributed by atoms with E-state index in [4.69, 9.17) is 5.73 Å². The SMILES string of the molecule is CC(C)CN1CCN(c2ccc([C@H](C)N)cn2)CC1. The Bertz CT molecular complexity index is 378. The van der Waals surface area contributed by atoms with Crippen molar-refractivity contribution in [2.75, 3.05) is 37.6 Å². The zero-order valence-corrected chi connectivity index (χ0v) is 12.3. The number of anilines is 1. The van der Waals surface area contributed by atoms with Gasteiger partial charge in [0.15, 0.2) is 0 Å². The molecule has 106 valence electrons. The van der Waals surface area contributed by atoms with Gasteiger partial charge in [0.25, 0.3) is 0 Å². The summed E-state index contributed by atoms with van der Waals surface area (Å²) in [4.78, 5) is 9.44. The van der Waals surface area contributed by atoms with Crippen LogP contribution in [0.25, 0.3) is 0 Å². The van der Waals surface area contributed by atoms with Crippen LogP contribution in [0.3, 0.4) is 0 Å². The number of piperazine rings is 1. The van der Waals surface area contributed by atoms with Gasteiger partial charge in [-0.05, 0) is 24.5 Å². The van der Waals surface area contributed by atoms with E-state index in [0.717, 1.165) is 43.5 Å². The van der Waals surface area contributed by atoms with Gasteiger partial charge in [-0.3, -0.25) is 4.90 Å². The van der Waals surface area contributed by atoms with Crippen LogP contribution in [0.1, 0.15) is 32.4 Å². The molecule has 1 aromatic heterocycles. The number of rotatable bonds is 4. The Morgan fingerprint density at radius 3 is 2.32 bits per heavy atom. The molecule has 1 fully saturated rings. The largest absolute Gasteiger partial charge is 0.354 e. The minimum Gasteiger partial charge on any atom is -0.354 e. The summed E-state index contributed by atoms with van der Waals surface area (Å²) in [5.41, 5.74) is 6.95. The lowest BCUT2D eigenvalue weighted by Crippen LogP contribution is -2.47. The quantitative estimate of drug-likeness (QED) is 0.900. The van der Waals surface area contributed by atoms with E-state index in [1.54, 1.807) is 0 Å². The smallest absolute Gasteiger partial charge is 0.128 e. The standard InChI is InChI=1S/C15H26N4/c1-12(2)11-18-6-8-19(9-7-18)15-5-4-14(10-17-15)13(3)16/h4-5,10,12-13H,6-9,11,16H2,1-3H3/t13-/m0/s1. The third-order valence-corrected chi connectivity index (χ3v) is 3.62. The monoisotopic (exact) mass is 262 g/mol. The summed E-state index contributed by atoms with van der Waals surface area (Å²) in [7, 11) is 0. The fourth-order valence-electron chi connectivity index (χ4n) is 2.53. The van der Waals surface area contributed by atoms with Crippen LogP contribution in [0.4, 0.5) is 5.82 Å². The van der Waals surface area contributed by atoms with Gasteiger partial charge >= 0.3 is 0 Å². The zero-order valence-electron chi connectivity index (χ0n) is 12.3. The summed E-state index contributed by atoms with van der Waals surface area (Å²) in [5.74, 6) is 1.82. The molecular weight excluding hydrogens is 236 g/mol. The van der Waals surface area contributed by atoms with Crippen molar-refractivity contribution in [2.24, 2.45) is 11.7 Å². The Morgan fingerprint density at radius 2 is 1.84 bits per heavy atom. The van der Waals surface area contributed by atoms with Crippen LogP contribution >= 0.6 is 0 Å². The van der Waals surface area contributed by atoms with Crippen molar-refractivity contribution < 1.29 is 0 Å². The first-order valence-electron chi connectivity index (χ1n) is 7.25. The van der Waals surface area contributed by atoms with Crippen LogP contribution in [0.5, 0.6) is 0 Å². The van der Waals surface area contributed by atoms with Crippen LogP contribution in [-0.2, 0) is 0 Å². The second-order valence-corrected chi connectivity index (χ2v) is 5.92. The van der Waals surface area contributed by atoms with Crippen molar-refractivity contribution in [1.82, 2.24) is 9.88 Å². The molecule has 1 aliphatic heterocycles. The van der Waals surface area contributed by atoms with Crippen LogP contribution in [0.15, 0.2) is 18.3 Å². The molecule has 1 saturated heterocycles. The zero-order chi connectivity index (χ0) is 13.8. The number of aromatic nitrogens is 1. The summed E-state index contributed by atoms with van der Waals surface area (Å²) >= 11 is 0. The van der Waals surface area contributed by atoms with E-state index in [2.05, 4.69) is 40.8 Å². The average molecular weight is 262 g/mol. The molecule has 1 aromatic rings. The molecule has 0 radical (unpaired) electrons. The molecule has 2 N–H and O–H groups in total. The minimum absolute atomic E-state index is 0.0597. The molecule has 2 rings (SSSR count). The number of hydrogen-bond donors (Lipinski definition) is 1. The molecule has 0 saturated carbocycles. The van der Waals surface area contributed by atoms with Gasteiger partial charge in [-0.25, -0.2) is 4.98 Å². The van der Waals surface area contributed by atoms with Gasteiger partial charge in [0, 0.05) is 45.0 Å². The van der Waals surface area contributed by atoms with Crippen molar-refractivity contribution in [2.45, 2.75) is 26.8 Å². The first kappa shape index (κ1) is 14.3. The van der Waals surface area contributed by atoms with Crippen LogP contribution in [-0.4, -0.2) is 42.6 Å². The highest BCUT2D eigenvalue weighted by molar-refractivity contribution is 5.40. The first-order valence-corrected chi connectivity index (χ1v) is 7.25. The molecule has 0 amide bonds. The summed E-state index contributed by atoms with van der Waals surface area (Å²) < 4.78 is 0. The number of nitrogens with two attached hydrogens (primary N) is 1. The molecule has 1 atom stereocenters. The second-order valence-electron chi connectivity index (χ2n) is 5.92. The van der Waals surface area contributed by atoms with Crippen LogP contribution in [0, 0.1) is 5.92 Å². The molecule has 0 bridgehead atoms. The van der Waals surface area contributed by atoms with Crippen LogP contribution < -0.4 is 10.6 Å². The van der Waals surface area contributed by atoms with Gasteiger partial charge in [-0.15, -0.1) is 0 Å². The second kappa shape index (κ2) is 6.35. The van der Waals surface area contributed by atoms with Crippen molar-refractivity contribution >= 4 is 5.82 Å². The van der Waals surface area contributed by atoms with Gasteiger partial charge in [0.2, 0.25) is 0 Å². The van der Waals surface area contributed by atoms with E-state index in [9.17, 15) is 0 Å². The molecule has 0 spiro atoms. The summed E-state index contributed by atoms with van der Waals surface area (Å²) in [5, 5.41) is 0. The summed E-state index contributed by atoms with van der Waals surface area (Å²) in [6.07, 6.45) is 1.90. The van der Waals surface area contributed by atoms with E-state index in [1.165, 1.54) is 6.54 Å². The normalized spacial score (nSPS) is 18.9. The lowest BCUT2D eigenvalue weighted by molar-refractivity contribution is 0.231. The van der Waals surface area contributed by atoms with E-state index in [-0.39, 0.29) is 6.04 Å². The third-order valence-electron chi connectivity index (χ3n) is 3.62. The molecule has 4 nitrogen and oxygen atoms in total. The van der Waals surface area contributed by atoms with Gasteiger partial charge in [0.1, 0.15) is 5.82 Å². The Kier molecular flexibility index (Phi) is 4.77. The van der Waals surface area contributed by atoms with Crippen molar-refractivity contribution in [3.63, 3.8) is 0 Å². The first-order chi connectivity index (χ1) is 9.06. The van der Waals surface area contributed by atoms with E-state index in [0.29, 0.717) is 0 Å². The minimum atomic E-state index is 0.0597. The lowest BCUT2D eigenvalue weighted by Gasteiger charge is -2.36. The summed E-state index contributed by atoms with van der Waals surface area (Å²) in [6.45, 7) is 12.1. The number of hydrogen-bond acceptors (Lipinski definition) is 4. The predicted molar refractivity (Wildman–Crippen MR) is 80.3 cm³/mol. The number of nitrogens with zero attached hydrogens (tertiary/aromatic N) is 3. The Hall–Kier alpha value is -1.13. The van der Waals surface area contributed by atoms with Crippen molar-refractivity contribution in [1.29, 1.82) is 0 Å². The highest BCUT2D eigenvalue weighted by Gasteiger charge is 2.18. The van der Waals surface area contributed by atoms with E-state index in [1.807, 2.05) is 13.1 Å². The predicted octanol–water partition coefficient (Wildman–Crippen LogP) is 1.88. The third kappa shape index (κ3) is 3.91. The molecule has 1 aliphatic rings. The molecule has 4 heteroatoms. The Balaban J connectivity index is 1.90. The molecule has 0 aliphatic carbocycles. The maximum atomic E-state index is 5.85. The molecule has 0 unspecified atom stereocenters. The van der Waals surface area contributed by atoms with Crippen molar-refractivity contribution in [3.8, 4) is 0 Å². The molecule has 19 heavy (non-hydrogen) atoms. The van der Waals surface area contributed by atoms with E-state index >= 15 is 0 Å². The molecular formula is C15H26N4. The molecule has 2 heterocycles. The number of pyridine rings is 1. The van der Waals surface area contributed by atoms with Crippen LogP contribution in [0.2, 0.25) is 0 Å². The fourth-order valence-corrected chi connectivity index (χ4v) is 2.53.